The lowest BCUT2D eigenvalue weighted by Gasteiger charge is -2.50. The minimum absolute atomic E-state index is 0.325. The lowest BCUT2D eigenvalue weighted by molar-refractivity contribution is -0.00782. The molecule has 0 aromatic heterocycles. The van der Waals surface area contributed by atoms with Gasteiger partial charge in [0.1, 0.15) is 0 Å². The molecule has 1 aromatic carbocycles. The van der Waals surface area contributed by atoms with E-state index in [1.54, 1.807) is 24.3 Å². The maximum absolute atomic E-state index is 12.5. The zero-order valence-electron chi connectivity index (χ0n) is 16.8. The van der Waals surface area contributed by atoms with Crippen molar-refractivity contribution in [1.82, 2.24) is 19.4 Å². The highest BCUT2D eigenvalue weighted by molar-refractivity contribution is 7.89. The summed E-state index contributed by atoms with van der Waals surface area (Å²) in [5, 5.41) is 0. The molecule has 3 aliphatic heterocycles. The first-order valence-corrected chi connectivity index (χ1v) is 11.5. The number of likely N-dealkylation sites (N-methyl/N-ethyl adjacent to an activating group) is 2. The van der Waals surface area contributed by atoms with E-state index in [0.717, 1.165) is 39.1 Å². The lowest BCUT2D eigenvalue weighted by Crippen LogP contribution is -2.58. The van der Waals surface area contributed by atoms with Gasteiger partial charge in [0.15, 0.2) is 0 Å². The average molecular weight is 395 g/mol. The number of nitrogens with zero attached hydrogens (tertiary/aromatic N) is 3. The van der Waals surface area contributed by atoms with E-state index in [2.05, 4.69) is 40.6 Å². The third-order valence-corrected chi connectivity index (χ3v) is 7.49. The predicted octanol–water partition coefficient (Wildman–Crippen LogP) is 1.17. The van der Waals surface area contributed by atoms with E-state index in [-0.39, 0.29) is 0 Å². The normalized spacial score (nSPS) is 28.2. The summed E-state index contributed by atoms with van der Waals surface area (Å²) in [5.74, 6) is 1.41. The molecule has 3 aliphatic rings. The van der Waals surface area contributed by atoms with Crippen molar-refractivity contribution in [2.45, 2.75) is 23.8 Å². The van der Waals surface area contributed by atoms with Crippen molar-refractivity contribution >= 4 is 10.0 Å². The molecule has 152 valence electrons. The fourth-order valence-electron chi connectivity index (χ4n) is 4.42. The predicted molar refractivity (Wildman–Crippen MR) is 109 cm³/mol. The molecule has 1 aromatic rings. The summed E-state index contributed by atoms with van der Waals surface area (Å²) in [4.78, 5) is 7.51. The van der Waals surface area contributed by atoms with Crippen LogP contribution in [0.15, 0.2) is 35.2 Å². The molecule has 4 atom stereocenters. The summed E-state index contributed by atoms with van der Waals surface area (Å²) >= 11 is 0. The number of sulfonamides is 1. The Morgan fingerprint density at radius 2 is 1.89 bits per heavy atom. The van der Waals surface area contributed by atoms with Crippen LogP contribution in [0.2, 0.25) is 0 Å². The highest BCUT2D eigenvalue weighted by Gasteiger charge is 2.40. The van der Waals surface area contributed by atoms with Gasteiger partial charge < -0.3 is 9.80 Å². The molecule has 0 spiro atoms. The molecule has 0 aliphatic carbocycles. The van der Waals surface area contributed by atoms with E-state index >= 15 is 0 Å². The number of benzene rings is 1. The fourth-order valence-corrected chi connectivity index (χ4v) is 5.51. The van der Waals surface area contributed by atoms with Crippen LogP contribution >= 0.6 is 0 Å². The number of fused-ring (bicyclic) bond motifs is 3. The van der Waals surface area contributed by atoms with Gasteiger partial charge in [-0.15, -0.1) is 0 Å². The van der Waals surface area contributed by atoms with E-state index < -0.39 is 10.0 Å². The van der Waals surface area contributed by atoms with Crippen molar-refractivity contribution in [3.05, 3.63) is 30.3 Å². The first-order chi connectivity index (χ1) is 12.8. The second-order valence-corrected chi connectivity index (χ2v) is 10.2. The molecule has 3 heterocycles. The first-order valence-electron chi connectivity index (χ1n) is 9.97. The number of hydrogen-bond acceptors (Lipinski definition) is 5. The van der Waals surface area contributed by atoms with Crippen LogP contribution in [0, 0.1) is 11.8 Å². The van der Waals surface area contributed by atoms with Crippen LogP contribution in [0.3, 0.4) is 0 Å². The van der Waals surface area contributed by atoms with Gasteiger partial charge in [-0.2, -0.15) is 0 Å². The fraction of sp³-hybridized carbons (Fsp3) is 0.700. The Morgan fingerprint density at radius 3 is 2.52 bits per heavy atom. The third kappa shape index (κ3) is 5.51. The van der Waals surface area contributed by atoms with Crippen molar-refractivity contribution in [2.75, 3.05) is 60.4 Å². The second kappa shape index (κ2) is 9.01. The molecule has 2 bridgehead atoms. The minimum Gasteiger partial charge on any atom is -0.308 e. The van der Waals surface area contributed by atoms with E-state index in [0.29, 0.717) is 29.3 Å². The Bertz CT molecular complexity index is 695. The summed E-state index contributed by atoms with van der Waals surface area (Å²) in [7, 11) is 3.03. The monoisotopic (exact) mass is 394 g/mol. The molecular weight excluding hydrogens is 360 g/mol. The van der Waals surface area contributed by atoms with Gasteiger partial charge in [-0.05, 0) is 64.5 Å². The molecule has 0 amide bonds. The van der Waals surface area contributed by atoms with E-state index in [1.165, 1.54) is 6.42 Å². The summed E-state index contributed by atoms with van der Waals surface area (Å²) in [6, 6.07) is 8.98. The van der Waals surface area contributed by atoms with Crippen molar-refractivity contribution in [3.63, 3.8) is 0 Å². The Hall–Kier alpha value is -0.990. The molecule has 4 rings (SSSR count). The van der Waals surface area contributed by atoms with Crippen molar-refractivity contribution in [1.29, 1.82) is 0 Å². The van der Waals surface area contributed by atoms with Gasteiger partial charge in [0.25, 0.3) is 0 Å². The Kier molecular flexibility index (Phi) is 6.92. The average Bonchev–Trinajstić information content (AvgIpc) is 2.66. The largest absolute Gasteiger partial charge is 0.308 e. The van der Waals surface area contributed by atoms with Crippen molar-refractivity contribution in [3.8, 4) is 0 Å². The minimum atomic E-state index is -3.41. The van der Waals surface area contributed by atoms with Crippen molar-refractivity contribution in [2.24, 2.45) is 11.8 Å². The number of nitrogens with one attached hydrogen (secondary N) is 1. The van der Waals surface area contributed by atoms with Gasteiger partial charge >= 0.3 is 0 Å². The smallest absolute Gasteiger partial charge is 0.240 e. The summed E-state index contributed by atoms with van der Waals surface area (Å²) in [6.45, 7) is 6.02. The van der Waals surface area contributed by atoms with Crippen LogP contribution < -0.4 is 4.72 Å². The van der Waals surface area contributed by atoms with Crippen LogP contribution in [-0.2, 0) is 10.0 Å². The molecule has 3 fully saturated rings. The second-order valence-electron chi connectivity index (χ2n) is 8.42. The molecule has 1 unspecified atom stereocenters. The van der Waals surface area contributed by atoms with Crippen LogP contribution in [0.25, 0.3) is 0 Å². The summed E-state index contributed by atoms with van der Waals surface area (Å²) < 4.78 is 27.8. The number of rotatable bonds is 9. The quantitative estimate of drug-likeness (QED) is 0.681. The van der Waals surface area contributed by atoms with Crippen LogP contribution in [0.5, 0.6) is 0 Å². The highest BCUT2D eigenvalue weighted by atomic mass is 32.2. The van der Waals surface area contributed by atoms with Gasteiger partial charge in [-0.25, -0.2) is 13.1 Å². The number of piperidine rings is 3. The van der Waals surface area contributed by atoms with Crippen LogP contribution in [0.4, 0.5) is 0 Å². The zero-order chi connectivity index (χ0) is 19.4. The molecule has 1 N–H and O–H groups in total. The van der Waals surface area contributed by atoms with Gasteiger partial charge in [-0.3, -0.25) is 4.90 Å². The van der Waals surface area contributed by atoms with Gasteiger partial charge in [0, 0.05) is 38.8 Å². The third-order valence-electron chi connectivity index (χ3n) is 6.05. The summed E-state index contributed by atoms with van der Waals surface area (Å²) in [5.41, 5.74) is 0. The molecule has 6 nitrogen and oxygen atoms in total. The van der Waals surface area contributed by atoms with E-state index in [9.17, 15) is 8.42 Å². The molecule has 0 saturated carbocycles. The standard InChI is InChI=1S/C20H34N4O2S/c1-22(2)11-12-23(3)15-18-16-24-10-9-17(18)13-19(24)14-21-27(25,26)20-7-5-4-6-8-20/h4-8,17-19,21H,9-16H2,1-3H3/t17-,18+,19+/m0/s1. The lowest BCUT2D eigenvalue weighted by atomic mass is 9.75. The topological polar surface area (TPSA) is 55.9 Å². The van der Waals surface area contributed by atoms with Gasteiger partial charge in [0.05, 0.1) is 4.90 Å². The van der Waals surface area contributed by atoms with Crippen molar-refractivity contribution < 1.29 is 8.42 Å². The number of hydrogen-bond donors (Lipinski definition) is 1. The molecule has 7 heteroatoms. The summed E-state index contributed by atoms with van der Waals surface area (Å²) in [6.07, 6.45) is 2.34. The maximum atomic E-state index is 12.5. The Labute approximate surface area is 164 Å². The SMILES string of the molecule is CN(C)CCN(C)C[C@@H]1CN2CC[C@H]1C[C@@H]2CNS(=O)(=O)c1ccccc1. The molecule has 0 radical (unpaired) electrons. The zero-order valence-corrected chi connectivity index (χ0v) is 17.7. The Morgan fingerprint density at radius 1 is 1.15 bits per heavy atom. The van der Waals surface area contributed by atoms with Crippen LogP contribution in [-0.4, -0.2) is 89.6 Å². The van der Waals surface area contributed by atoms with Gasteiger partial charge in [0.2, 0.25) is 10.0 Å². The maximum Gasteiger partial charge on any atom is 0.240 e. The van der Waals surface area contributed by atoms with Gasteiger partial charge in [-0.1, -0.05) is 18.2 Å². The Balaban J connectivity index is 1.50. The van der Waals surface area contributed by atoms with E-state index in [4.69, 9.17) is 0 Å². The molecular formula is C20H34N4O2S. The van der Waals surface area contributed by atoms with Crippen LogP contribution in [0.1, 0.15) is 12.8 Å². The highest BCUT2D eigenvalue weighted by Crippen LogP contribution is 2.36. The first kappa shape index (κ1) is 20.7. The molecule has 3 saturated heterocycles. The van der Waals surface area contributed by atoms with E-state index in [1.807, 2.05) is 6.07 Å². The molecule has 27 heavy (non-hydrogen) atoms.